The molecule has 1 unspecified atom stereocenters. The molecule has 2 aromatic heterocycles. The summed E-state index contributed by atoms with van der Waals surface area (Å²) in [6, 6.07) is 17.6. The molecule has 1 atom stereocenters. The number of para-hydroxylation sites is 1. The van der Waals surface area contributed by atoms with Gasteiger partial charge in [0.15, 0.2) is 34.0 Å². The molecule has 14 heteroatoms. The number of halogens is 5. The van der Waals surface area contributed by atoms with E-state index in [1.54, 1.807) is 42.5 Å². The summed E-state index contributed by atoms with van der Waals surface area (Å²) >= 11 is 0. The number of nitrogens with zero attached hydrogens (tertiary/aromatic N) is 2. The maximum absolute atomic E-state index is 15.1. The van der Waals surface area contributed by atoms with Crippen molar-refractivity contribution >= 4 is 33.8 Å². The summed E-state index contributed by atoms with van der Waals surface area (Å²) in [6.07, 6.45) is -3.64. The minimum atomic E-state index is -4.89. The number of pyridine rings is 1. The van der Waals surface area contributed by atoms with Gasteiger partial charge < -0.3 is 9.47 Å². The molecule has 0 radical (unpaired) electrons. The molecule has 3 aromatic carbocycles. The second kappa shape index (κ2) is 12.8. The second-order valence-electron chi connectivity index (χ2n) is 9.29. The average molecular weight is 632 g/mol. The van der Waals surface area contributed by atoms with Gasteiger partial charge in [0.25, 0.3) is 0 Å². The molecule has 0 saturated heterocycles. The van der Waals surface area contributed by atoms with Gasteiger partial charge in [-0.05, 0) is 49.2 Å². The van der Waals surface area contributed by atoms with Gasteiger partial charge in [-0.15, -0.1) is 13.2 Å². The topological polar surface area (TPSA) is 91.7 Å². The lowest BCUT2D eigenvalue weighted by molar-refractivity contribution is -0.324. The van der Waals surface area contributed by atoms with Crippen LogP contribution in [0.4, 0.5) is 32.4 Å². The molecule has 0 aliphatic carbocycles. The number of alkyl halides is 3. The van der Waals surface area contributed by atoms with Crippen LogP contribution in [0.3, 0.4) is 0 Å². The van der Waals surface area contributed by atoms with Gasteiger partial charge in [-0.2, -0.15) is 0 Å². The van der Waals surface area contributed by atoms with E-state index in [9.17, 15) is 22.2 Å². The molecule has 0 saturated carbocycles. The third kappa shape index (κ3) is 7.21. The van der Waals surface area contributed by atoms with Crippen LogP contribution >= 0.6 is 0 Å². The van der Waals surface area contributed by atoms with Gasteiger partial charge >= 0.3 is 12.5 Å². The molecule has 2 heterocycles. The van der Waals surface area contributed by atoms with E-state index in [1.807, 2.05) is 6.92 Å². The smallest absolute Gasteiger partial charge is 0.450 e. The zero-order valence-corrected chi connectivity index (χ0v) is 23.5. The van der Waals surface area contributed by atoms with Crippen LogP contribution in [-0.4, -0.2) is 32.2 Å². The number of anilines is 1. The Morgan fingerprint density at radius 2 is 1.68 bits per heavy atom. The quantitative estimate of drug-likeness (QED) is 0.168. The Bertz CT molecular complexity index is 1810. The van der Waals surface area contributed by atoms with Crippen LogP contribution in [-0.2, 0) is 22.1 Å². The first-order chi connectivity index (χ1) is 21.0. The highest BCUT2D eigenvalue weighted by molar-refractivity contribution is 7.83. The first kappa shape index (κ1) is 30.6. The van der Waals surface area contributed by atoms with E-state index in [-0.39, 0.29) is 40.2 Å². The second-order valence-corrected chi connectivity index (χ2v) is 10.7. The van der Waals surface area contributed by atoms with Crippen LogP contribution in [0.2, 0.25) is 0 Å². The Labute approximate surface area is 249 Å². The number of aromatic nitrogens is 2. The number of carbonyl (C=O) groups excluding carboxylic acids is 1. The highest BCUT2D eigenvalue weighted by Gasteiger charge is 2.29. The number of nitrogens with one attached hydrogen (secondary N) is 1. The summed E-state index contributed by atoms with van der Waals surface area (Å²) in [5, 5.41) is 2.30. The molecule has 44 heavy (non-hydrogen) atoms. The Morgan fingerprint density at radius 1 is 1.00 bits per heavy atom. The molecule has 8 nitrogen and oxygen atoms in total. The lowest BCUT2D eigenvalue weighted by atomic mass is 10.1. The van der Waals surface area contributed by atoms with Gasteiger partial charge in [0.1, 0.15) is 11.5 Å². The standard InChI is InChI=1S/C30H22F5N3O5S/c1-18-7-9-22(10-8-18)44(40)38-17-19(12-14-41-30(33,34)35)26-25(11-13-36-28(26)38)43-27-23(31)15-20(16-24(27)32)37-29(39)42-21-5-3-2-4-6-21/h2-11,13,15-17H,12,14H2,1H3,(H,37,39). The van der Waals surface area contributed by atoms with E-state index < -0.39 is 47.4 Å². The van der Waals surface area contributed by atoms with Gasteiger partial charge in [0.2, 0.25) is 0 Å². The molecule has 1 N–H and O–H groups in total. The van der Waals surface area contributed by atoms with Crippen molar-refractivity contribution in [3.63, 3.8) is 0 Å². The van der Waals surface area contributed by atoms with Gasteiger partial charge in [-0.25, -0.2) is 26.7 Å². The van der Waals surface area contributed by atoms with Crippen molar-refractivity contribution in [3.05, 3.63) is 108 Å². The van der Waals surface area contributed by atoms with Crippen molar-refractivity contribution in [2.24, 2.45) is 0 Å². The molecule has 0 spiro atoms. The molecule has 5 aromatic rings. The highest BCUT2D eigenvalue weighted by Crippen LogP contribution is 2.37. The molecular formula is C30H22F5N3O5S. The highest BCUT2D eigenvalue weighted by atomic mass is 32.2. The fourth-order valence-corrected chi connectivity index (χ4v) is 5.31. The van der Waals surface area contributed by atoms with E-state index in [0.29, 0.717) is 4.90 Å². The molecular weight excluding hydrogens is 609 g/mol. The fourth-order valence-electron chi connectivity index (χ4n) is 4.19. The molecule has 228 valence electrons. The number of hydrogen-bond acceptors (Lipinski definition) is 6. The largest absolute Gasteiger partial charge is 0.522 e. The predicted octanol–water partition coefficient (Wildman–Crippen LogP) is 7.68. The van der Waals surface area contributed by atoms with Crippen LogP contribution in [0.15, 0.2) is 90.1 Å². The average Bonchev–Trinajstić information content (AvgIpc) is 3.34. The van der Waals surface area contributed by atoms with Crippen LogP contribution in [0.1, 0.15) is 11.1 Å². The van der Waals surface area contributed by atoms with Gasteiger partial charge in [-0.1, -0.05) is 35.9 Å². The van der Waals surface area contributed by atoms with Gasteiger partial charge in [0, 0.05) is 24.5 Å². The number of benzene rings is 3. The first-order valence-electron chi connectivity index (χ1n) is 12.9. The SMILES string of the molecule is Cc1ccc(S(=O)n2cc(CCOC(F)(F)F)c3c(Oc4c(F)cc(NC(=O)Oc5ccccc5)cc4F)ccnc32)cc1. The van der Waals surface area contributed by atoms with E-state index in [0.717, 1.165) is 17.7 Å². The maximum Gasteiger partial charge on any atom is 0.522 e. The third-order valence-electron chi connectivity index (χ3n) is 6.14. The van der Waals surface area contributed by atoms with Crippen molar-refractivity contribution in [2.75, 3.05) is 11.9 Å². The Morgan fingerprint density at radius 3 is 2.34 bits per heavy atom. The van der Waals surface area contributed by atoms with Crippen LogP contribution in [0.25, 0.3) is 11.0 Å². The summed E-state index contributed by atoms with van der Waals surface area (Å²) in [4.78, 5) is 16.8. The van der Waals surface area contributed by atoms with Gasteiger partial charge in [0.05, 0.1) is 22.6 Å². The number of ether oxygens (including phenoxy) is 3. The summed E-state index contributed by atoms with van der Waals surface area (Å²) < 4.78 is 97.6. The minimum Gasteiger partial charge on any atom is -0.450 e. The molecule has 0 aliphatic heterocycles. The van der Waals surface area contributed by atoms with Crippen LogP contribution in [0.5, 0.6) is 17.2 Å². The van der Waals surface area contributed by atoms with E-state index in [2.05, 4.69) is 15.0 Å². The molecule has 0 aliphatic rings. The molecule has 5 rings (SSSR count). The number of rotatable bonds is 9. The van der Waals surface area contributed by atoms with Crippen molar-refractivity contribution in [2.45, 2.75) is 24.6 Å². The van der Waals surface area contributed by atoms with E-state index >= 15 is 8.78 Å². The zero-order valence-electron chi connectivity index (χ0n) is 22.7. The first-order valence-corrected chi connectivity index (χ1v) is 14.0. The van der Waals surface area contributed by atoms with E-state index in [4.69, 9.17) is 9.47 Å². The number of carbonyl (C=O) groups is 1. The molecule has 0 bridgehead atoms. The van der Waals surface area contributed by atoms with E-state index in [1.165, 1.54) is 34.6 Å². The zero-order chi connectivity index (χ0) is 31.4. The minimum absolute atomic E-state index is 0.0335. The number of aryl methyl sites for hydroxylation is 1. The number of amides is 1. The summed E-state index contributed by atoms with van der Waals surface area (Å²) in [6.45, 7) is 1.05. The number of fused-ring (bicyclic) bond motifs is 1. The number of hydrogen-bond donors (Lipinski definition) is 1. The van der Waals surface area contributed by atoms with Crippen LogP contribution in [0, 0.1) is 18.6 Å². The van der Waals surface area contributed by atoms with Crippen molar-refractivity contribution in [1.82, 2.24) is 8.96 Å². The summed E-state index contributed by atoms with van der Waals surface area (Å²) in [7, 11) is -1.88. The summed E-state index contributed by atoms with van der Waals surface area (Å²) in [5.74, 6) is -3.22. The Balaban J connectivity index is 1.47. The monoisotopic (exact) mass is 631 g/mol. The van der Waals surface area contributed by atoms with Crippen LogP contribution < -0.4 is 14.8 Å². The maximum atomic E-state index is 15.1. The summed E-state index contributed by atoms with van der Waals surface area (Å²) in [5.41, 5.74) is 0.861. The Hall–Kier alpha value is -4.82. The molecule has 0 fully saturated rings. The predicted molar refractivity (Wildman–Crippen MR) is 151 cm³/mol. The van der Waals surface area contributed by atoms with Crippen molar-refractivity contribution in [1.29, 1.82) is 0 Å². The lowest BCUT2D eigenvalue weighted by Crippen LogP contribution is -2.17. The Kier molecular flexibility index (Phi) is 8.92. The van der Waals surface area contributed by atoms with Crippen molar-refractivity contribution < 1.29 is 45.2 Å². The molecule has 1 amide bonds. The van der Waals surface area contributed by atoms with Gasteiger partial charge in [-0.3, -0.25) is 10.1 Å². The van der Waals surface area contributed by atoms with Crippen molar-refractivity contribution in [3.8, 4) is 17.2 Å². The normalized spacial score (nSPS) is 12.2. The lowest BCUT2D eigenvalue weighted by Gasteiger charge is -2.13. The fraction of sp³-hybridized carbons (Fsp3) is 0.133. The third-order valence-corrected chi connectivity index (χ3v) is 7.46.